The van der Waals surface area contributed by atoms with Crippen LogP contribution in [0.15, 0.2) is 0 Å². The molecule has 9 heteroatoms. The number of urea groups is 1. The van der Waals surface area contributed by atoms with Crippen LogP contribution in [0.5, 0.6) is 0 Å². The lowest BCUT2D eigenvalue weighted by molar-refractivity contribution is -0.115. The normalized spacial score (nSPS) is 30.1. The van der Waals surface area contributed by atoms with E-state index >= 15 is 0 Å². The standard InChI is InChI=1S/C22H36F2N4O3/c1-2-31-21(30)26-10-3-5-18(9-14-26)25-12-7-17(8-13-25)19-6-4-11-28(19)20(29)27-15-22(23,24)16-27/h17-19H,2-16H2,1H3. The molecule has 4 saturated heterocycles. The van der Waals surface area contributed by atoms with E-state index in [1.54, 1.807) is 0 Å². The highest BCUT2D eigenvalue weighted by molar-refractivity contribution is 5.76. The van der Waals surface area contributed by atoms with Gasteiger partial charge in [0.05, 0.1) is 19.7 Å². The van der Waals surface area contributed by atoms with Crippen molar-refractivity contribution in [3.8, 4) is 0 Å². The zero-order valence-corrected chi connectivity index (χ0v) is 18.6. The summed E-state index contributed by atoms with van der Waals surface area (Å²) < 4.78 is 31.5. The van der Waals surface area contributed by atoms with E-state index in [0.29, 0.717) is 25.1 Å². The molecule has 2 atom stereocenters. The minimum Gasteiger partial charge on any atom is -0.450 e. The molecule has 4 fully saturated rings. The molecule has 0 N–H and O–H groups in total. The molecule has 3 amide bonds. The summed E-state index contributed by atoms with van der Waals surface area (Å²) in [7, 11) is 0. The van der Waals surface area contributed by atoms with Crippen LogP contribution in [-0.2, 0) is 4.74 Å². The number of ether oxygens (including phenoxy) is 1. The zero-order valence-electron chi connectivity index (χ0n) is 18.6. The summed E-state index contributed by atoms with van der Waals surface area (Å²) in [4.78, 5) is 32.3. The topological polar surface area (TPSA) is 56.3 Å². The monoisotopic (exact) mass is 442 g/mol. The lowest BCUT2D eigenvalue weighted by Crippen LogP contribution is -2.62. The maximum Gasteiger partial charge on any atom is 0.409 e. The van der Waals surface area contributed by atoms with Crippen LogP contribution in [-0.4, -0.2) is 102 Å². The number of rotatable bonds is 3. The van der Waals surface area contributed by atoms with Crippen molar-refractivity contribution in [3.05, 3.63) is 0 Å². The van der Waals surface area contributed by atoms with Crippen LogP contribution in [0.4, 0.5) is 18.4 Å². The summed E-state index contributed by atoms with van der Waals surface area (Å²) >= 11 is 0. The lowest BCUT2D eigenvalue weighted by atomic mass is 9.87. The Morgan fingerprint density at radius 2 is 1.61 bits per heavy atom. The Balaban J connectivity index is 1.25. The van der Waals surface area contributed by atoms with Gasteiger partial charge in [0.25, 0.3) is 5.92 Å². The first kappa shape index (κ1) is 22.6. The number of hydrogen-bond donors (Lipinski definition) is 0. The van der Waals surface area contributed by atoms with Crippen LogP contribution in [0.1, 0.15) is 51.9 Å². The Labute approximate surface area is 183 Å². The van der Waals surface area contributed by atoms with Gasteiger partial charge in [0.2, 0.25) is 0 Å². The van der Waals surface area contributed by atoms with Gasteiger partial charge in [-0.25, -0.2) is 18.4 Å². The second-order valence-electron chi connectivity index (χ2n) is 9.54. The molecule has 0 spiro atoms. The highest BCUT2D eigenvalue weighted by Gasteiger charge is 2.49. The van der Waals surface area contributed by atoms with E-state index in [4.69, 9.17) is 4.74 Å². The molecular formula is C22H36F2N4O3. The van der Waals surface area contributed by atoms with Gasteiger partial charge in [0.15, 0.2) is 0 Å². The molecule has 31 heavy (non-hydrogen) atoms. The number of amides is 3. The number of piperidine rings is 1. The molecule has 4 aliphatic heterocycles. The van der Waals surface area contributed by atoms with Crippen LogP contribution in [0, 0.1) is 5.92 Å². The van der Waals surface area contributed by atoms with Gasteiger partial charge in [0, 0.05) is 31.7 Å². The predicted molar refractivity (Wildman–Crippen MR) is 112 cm³/mol. The van der Waals surface area contributed by atoms with Crippen molar-refractivity contribution >= 4 is 12.1 Å². The lowest BCUT2D eigenvalue weighted by Gasteiger charge is -2.44. The Hall–Kier alpha value is -1.64. The van der Waals surface area contributed by atoms with E-state index in [-0.39, 0.29) is 18.2 Å². The van der Waals surface area contributed by atoms with Crippen molar-refractivity contribution in [1.82, 2.24) is 19.6 Å². The number of likely N-dealkylation sites (tertiary alicyclic amines) is 4. The number of nitrogens with zero attached hydrogens (tertiary/aromatic N) is 4. The molecule has 4 rings (SSSR count). The maximum absolute atomic E-state index is 13.2. The van der Waals surface area contributed by atoms with Crippen molar-refractivity contribution < 1.29 is 23.1 Å². The van der Waals surface area contributed by atoms with Crippen molar-refractivity contribution in [2.45, 2.75) is 69.9 Å². The highest BCUT2D eigenvalue weighted by Crippen LogP contribution is 2.35. The average Bonchev–Trinajstić information content (AvgIpc) is 3.09. The minimum atomic E-state index is -2.71. The number of carbonyl (C=O) groups is 2. The smallest absolute Gasteiger partial charge is 0.409 e. The van der Waals surface area contributed by atoms with Gasteiger partial charge in [-0.1, -0.05) is 0 Å². The molecule has 0 bridgehead atoms. The number of alkyl halides is 2. The van der Waals surface area contributed by atoms with E-state index in [1.165, 1.54) is 4.90 Å². The fourth-order valence-corrected chi connectivity index (χ4v) is 5.86. The zero-order chi connectivity index (χ0) is 22.0. The van der Waals surface area contributed by atoms with Crippen LogP contribution in [0.3, 0.4) is 0 Å². The van der Waals surface area contributed by atoms with Gasteiger partial charge in [0.1, 0.15) is 0 Å². The molecular weight excluding hydrogens is 406 g/mol. The molecule has 0 radical (unpaired) electrons. The summed E-state index contributed by atoms with van der Waals surface area (Å²) in [6, 6.07) is 0.487. The van der Waals surface area contributed by atoms with E-state index < -0.39 is 19.0 Å². The first-order valence-electron chi connectivity index (χ1n) is 12.0. The molecule has 0 aromatic carbocycles. The summed E-state index contributed by atoms with van der Waals surface area (Å²) in [5, 5.41) is 0. The Bertz CT molecular complexity index is 649. The second-order valence-corrected chi connectivity index (χ2v) is 9.54. The van der Waals surface area contributed by atoms with Gasteiger partial charge < -0.3 is 24.3 Å². The Morgan fingerprint density at radius 3 is 2.29 bits per heavy atom. The SMILES string of the molecule is CCOC(=O)N1CCCC(N2CCC(C3CCCN3C(=O)N3CC(F)(F)C3)CC2)CC1. The van der Waals surface area contributed by atoms with Gasteiger partial charge in [-0.05, 0) is 70.9 Å². The molecule has 0 saturated carbocycles. The third kappa shape index (κ3) is 5.07. The Morgan fingerprint density at radius 1 is 0.903 bits per heavy atom. The largest absolute Gasteiger partial charge is 0.450 e. The first-order chi connectivity index (χ1) is 14.9. The average molecular weight is 443 g/mol. The highest BCUT2D eigenvalue weighted by atomic mass is 19.3. The molecule has 0 aromatic rings. The van der Waals surface area contributed by atoms with Crippen molar-refractivity contribution in [1.29, 1.82) is 0 Å². The Kier molecular flexibility index (Phi) is 6.89. The number of halogens is 2. The van der Waals surface area contributed by atoms with Crippen molar-refractivity contribution in [2.24, 2.45) is 5.92 Å². The molecule has 4 aliphatic rings. The third-order valence-corrected chi connectivity index (χ3v) is 7.52. The third-order valence-electron chi connectivity index (χ3n) is 7.52. The summed E-state index contributed by atoms with van der Waals surface area (Å²) in [6.45, 7) is 5.60. The first-order valence-corrected chi connectivity index (χ1v) is 12.0. The van der Waals surface area contributed by atoms with Gasteiger partial charge in [-0.2, -0.15) is 0 Å². The molecule has 176 valence electrons. The van der Waals surface area contributed by atoms with Gasteiger partial charge in [-0.3, -0.25) is 0 Å². The van der Waals surface area contributed by atoms with Gasteiger partial charge >= 0.3 is 12.1 Å². The summed E-state index contributed by atoms with van der Waals surface area (Å²) in [5.41, 5.74) is 0. The molecule has 0 aromatic heterocycles. The van der Waals surface area contributed by atoms with Crippen molar-refractivity contribution in [3.63, 3.8) is 0 Å². The van der Waals surface area contributed by atoms with Crippen LogP contribution >= 0.6 is 0 Å². The van der Waals surface area contributed by atoms with E-state index in [0.717, 1.165) is 71.1 Å². The van der Waals surface area contributed by atoms with Crippen LogP contribution in [0.25, 0.3) is 0 Å². The number of carbonyl (C=O) groups excluding carboxylic acids is 2. The van der Waals surface area contributed by atoms with Crippen LogP contribution < -0.4 is 0 Å². The molecule has 4 heterocycles. The van der Waals surface area contributed by atoms with E-state index in [1.807, 2.05) is 16.7 Å². The van der Waals surface area contributed by atoms with Crippen LogP contribution in [0.2, 0.25) is 0 Å². The molecule has 7 nitrogen and oxygen atoms in total. The summed E-state index contributed by atoms with van der Waals surface area (Å²) in [6.07, 6.45) is 6.90. The van der Waals surface area contributed by atoms with E-state index in [9.17, 15) is 18.4 Å². The van der Waals surface area contributed by atoms with Gasteiger partial charge in [-0.15, -0.1) is 0 Å². The molecule has 2 unspecified atom stereocenters. The van der Waals surface area contributed by atoms with E-state index in [2.05, 4.69) is 4.90 Å². The second kappa shape index (κ2) is 9.46. The predicted octanol–water partition coefficient (Wildman–Crippen LogP) is 3.24. The van der Waals surface area contributed by atoms with Crippen molar-refractivity contribution in [2.75, 3.05) is 52.4 Å². The number of hydrogen-bond acceptors (Lipinski definition) is 4. The molecule has 0 aliphatic carbocycles. The minimum absolute atomic E-state index is 0.192. The summed E-state index contributed by atoms with van der Waals surface area (Å²) in [5.74, 6) is -2.26. The fraction of sp³-hybridized carbons (Fsp3) is 0.909. The quantitative estimate of drug-likeness (QED) is 0.673. The maximum atomic E-state index is 13.2. The fourth-order valence-electron chi connectivity index (χ4n) is 5.86.